The number of nitrogens with one attached hydrogen (secondary N) is 2. The molecule has 130 valence electrons. The number of guanidine groups is 1. The minimum atomic E-state index is 0. The first-order valence-corrected chi connectivity index (χ1v) is 8.54. The maximum absolute atomic E-state index is 6.17. The Balaban J connectivity index is 0.00000264. The van der Waals surface area contributed by atoms with Crippen LogP contribution >= 0.6 is 35.6 Å². The van der Waals surface area contributed by atoms with Crippen LogP contribution in [-0.4, -0.2) is 38.3 Å². The lowest BCUT2D eigenvalue weighted by Gasteiger charge is -2.13. The molecule has 0 aliphatic carbocycles. The zero-order valence-corrected chi connectivity index (χ0v) is 16.8. The monoisotopic (exact) mass is 451 g/mol. The van der Waals surface area contributed by atoms with Gasteiger partial charge in [0.25, 0.3) is 0 Å². The Kier molecular flexibility index (Phi) is 10.6. The third-order valence-corrected chi connectivity index (χ3v) is 4.06. The highest BCUT2D eigenvalue weighted by atomic mass is 127. The predicted molar refractivity (Wildman–Crippen MR) is 108 cm³/mol. The van der Waals surface area contributed by atoms with E-state index in [0.717, 1.165) is 62.9 Å². The molecule has 1 fully saturated rings. The van der Waals surface area contributed by atoms with Crippen LogP contribution in [0, 0.1) is 0 Å². The van der Waals surface area contributed by atoms with Crippen molar-refractivity contribution >= 4 is 41.5 Å². The van der Waals surface area contributed by atoms with Gasteiger partial charge in [-0.3, -0.25) is 4.99 Å². The van der Waals surface area contributed by atoms with Gasteiger partial charge in [0, 0.05) is 24.7 Å². The topological polar surface area (TPSA) is 45.7 Å². The average Bonchev–Trinajstić information content (AvgIpc) is 3.04. The van der Waals surface area contributed by atoms with Crippen LogP contribution in [0.5, 0.6) is 0 Å². The Bertz CT molecular complexity index is 479. The number of ether oxygens (including phenoxy) is 1. The highest BCUT2D eigenvalue weighted by molar-refractivity contribution is 14.0. The van der Waals surface area contributed by atoms with E-state index < -0.39 is 0 Å². The molecule has 2 rings (SSSR count). The normalized spacial score (nSPS) is 17.7. The van der Waals surface area contributed by atoms with Gasteiger partial charge in [0.05, 0.1) is 12.6 Å². The number of aliphatic imine (C=N–C) groups is 1. The zero-order chi connectivity index (χ0) is 15.6. The van der Waals surface area contributed by atoms with Gasteiger partial charge in [0.1, 0.15) is 0 Å². The number of benzene rings is 1. The van der Waals surface area contributed by atoms with Crippen molar-refractivity contribution in [2.45, 2.75) is 38.7 Å². The number of hydrogen-bond donors (Lipinski definition) is 2. The maximum Gasteiger partial charge on any atom is 0.191 e. The molecule has 0 aromatic heterocycles. The molecule has 1 atom stereocenters. The van der Waals surface area contributed by atoms with E-state index in [1.807, 2.05) is 18.2 Å². The fourth-order valence-electron chi connectivity index (χ4n) is 2.51. The Morgan fingerprint density at radius 2 is 2.17 bits per heavy atom. The lowest BCUT2D eigenvalue weighted by Crippen LogP contribution is -2.38. The number of nitrogens with zero attached hydrogens (tertiary/aromatic N) is 1. The molecule has 0 saturated carbocycles. The van der Waals surface area contributed by atoms with Gasteiger partial charge in [0.15, 0.2) is 5.96 Å². The van der Waals surface area contributed by atoms with E-state index in [9.17, 15) is 0 Å². The molecular formula is C17H27ClIN3O. The van der Waals surface area contributed by atoms with Gasteiger partial charge in [-0.15, -0.1) is 24.0 Å². The summed E-state index contributed by atoms with van der Waals surface area (Å²) in [5, 5.41) is 7.50. The Hall–Kier alpha value is -0.530. The number of rotatable bonds is 7. The highest BCUT2D eigenvalue weighted by Gasteiger charge is 2.14. The molecular weight excluding hydrogens is 425 g/mol. The van der Waals surface area contributed by atoms with Crippen LogP contribution in [0.25, 0.3) is 0 Å². The molecule has 0 radical (unpaired) electrons. The Labute approximate surface area is 161 Å². The van der Waals surface area contributed by atoms with E-state index in [0.29, 0.717) is 6.10 Å². The standard InChI is InChI=1S/C17H26ClN3O.HI/c1-2-19-17(21-13-15-9-6-12-22-15)20-11-5-8-14-7-3-4-10-16(14)18;/h3-4,7,10,15H,2,5-6,8-9,11-13H2,1H3,(H2,19,20,21);1H. The molecule has 23 heavy (non-hydrogen) atoms. The Morgan fingerprint density at radius 1 is 1.35 bits per heavy atom. The van der Waals surface area contributed by atoms with E-state index in [1.165, 1.54) is 5.56 Å². The van der Waals surface area contributed by atoms with E-state index in [2.05, 4.69) is 28.6 Å². The van der Waals surface area contributed by atoms with Gasteiger partial charge in [-0.25, -0.2) is 0 Å². The van der Waals surface area contributed by atoms with Crippen molar-refractivity contribution in [3.8, 4) is 0 Å². The Morgan fingerprint density at radius 3 is 2.87 bits per heavy atom. The van der Waals surface area contributed by atoms with Crippen LogP contribution in [0.3, 0.4) is 0 Å². The highest BCUT2D eigenvalue weighted by Crippen LogP contribution is 2.16. The largest absolute Gasteiger partial charge is 0.376 e. The van der Waals surface area contributed by atoms with Crippen LogP contribution < -0.4 is 10.6 Å². The lowest BCUT2D eigenvalue weighted by molar-refractivity contribution is 0.117. The first-order chi connectivity index (χ1) is 10.8. The SMILES string of the molecule is CCNC(=NCC1CCCO1)NCCCc1ccccc1Cl.I. The summed E-state index contributed by atoms with van der Waals surface area (Å²) in [5.74, 6) is 0.872. The molecule has 1 aromatic carbocycles. The zero-order valence-electron chi connectivity index (χ0n) is 13.7. The van der Waals surface area contributed by atoms with Gasteiger partial charge in [-0.05, 0) is 44.2 Å². The summed E-state index contributed by atoms with van der Waals surface area (Å²) >= 11 is 6.17. The molecule has 1 unspecified atom stereocenters. The predicted octanol–water partition coefficient (Wildman–Crippen LogP) is 3.62. The van der Waals surface area contributed by atoms with Crippen molar-refractivity contribution in [1.29, 1.82) is 0 Å². The molecule has 0 amide bonds. The van der Waals surface area contributed by atoms with Crippen LogP contribution in [0.2, 0.25) is 5.02 Å². The molecule has 1 saturated heterocycles. The number of halogens is 2. The van der Waals surface area contributed by atoms with Gasteiger partial charge >= 0.3 is 0 Å². The second-order valence-corrected chi connectivity index (χ2v) is 5.88. The number of aryl methyl sites for hydroxylation is 1. The molecule has 6 heteroatoms. The van der Waals surface area contributed by atoms with Gasteiger partial charge in [-0.2, -0.15) is 0 Å². The van der Waals surface area contributed by atoms with Gasteiger partial charge in [-0.1, -0.05) is 29.8 Å². The van der Waals surface area contributed by atoms with Crippen LogP contribution in [-0.2, 0) is 11.2 Å². The van der Waals surface area contributed by atoms with E-state index in [1.54, 1.807) is 0 Å². The quantitative estimate of drug-likeness (QED) is 0.288. The van der Waals surface area contributed by atoms with Crippen molar-refractivity contribution in [2.75, 3.05) is 26.2 Å². The van der Waals surface area contributed by atoms with E-state index in [4.69, 9.17) is 16.3 Å². The van der Waals surface area contributed by atoms with Crippen LogP contribution in [0.15, 0.2) is 29.3 Å². The fourth-order valence-corrected chi connectivity index (χ4v) is 2.74. The van der Waals surface area contributed by atoms with Gasteiger partial charge in [0.2, 0.25) is 0 Å². The number of hydrogen-bond acceptors (Lipinski definition) is 2. The minimum absolute atomic E-state index is 0. The summed E-state index contributed by atoms with van der Waals surface area (Å²) < 4.78 is 5.60. The molecule has 2 N–H and O–H groups in total. The second kappa shape index (κ2) is 11.9. The van der Waals surface area contributed by atoms with Crippen molar-refractivity contribution in [3.05, 3.63) is 34.9 Å². The van der Waals surface area contributed by atoms with Crippen molar-refractivity contribution in [2.24, 2.45) is 4.99 Å². The smallest absolute Gasteiger partial charge is 0.191 e. The maximum atomic E-state index is 6.17. The summed E-state index contributed by atoms with van der Waals surface area (Å²) in [5.41, 5.74) is 1.20. The van der Waals surface area contributed by atoms with E-state index in [-0.39, 0.29) is 24.0 Å². The summed E-state index contributed by atoms with van der Waals surface area (Å²) in [4.78, 5) is 4.60. The van der Waals surface area contributed by atoms with Crippen molar-refractivity contribution < 1.29 is 4.74 Å². The molecule has 4 nitrogen and oxygen atoms in total. The molecule has 1 heterocycles. The van der Waals surface area contributed by atoms with E-state index >= 15 is 0 Å². The first kappa shape index (κ1) is 20.5. The molecule has 1 aliphatic rings. The third-order valence-electron chi connectivity index (χ3n) is 3.69. The summed E-state index contributed by atoms with van der Waals surface area (Å²) in [6.07, 6.45) is 4.56. The molecule has 0 spiro atoms. The fraction of sp³-hybridized carbons (Fsp3) is 0.588. The van der Waals surface area contributed by atoms with Crippen LogP contribution in [0.1, 0.15) is 31.7 Å². The summed E-state index contributed by atoms with van der Waals surface area (Å²) in [6.45, 7) is 5.43. The molecule has 1 aliphatic heterocycles. The second-order valence-electron chi connectivity index (χ2n) is 5.48. The van der Waals surface area contributed by atoms with Crippen molar-refractivity contribution in [1.82, 2.24) is 10.6 Å². The summed E-state index contributed by atoms with van der Waals surface area (Å²) in [7, 11) is 0. The first-order valence-electron chi connectivity index (χ1n) is 8.16. The molecule has 0 bridgehead atoms. The average molecular weight is 452 g/mol. The summed E-state index contributed by atoms with van der Waals surface area (Å²) in [6, 6.07) is 8.02. The lowest BCUT2D eigenvalue weighted by atomic mass is 10.1. The van der Waals surface area contributed by atoms with Gasteiger partial charge < -0.3 is 15.4 Å². The van der Waals surface area contributed by atoms with Crippen molar-refractivity contribution in [3.63, 3.8) is 0 Å². The minimum Gasteiger partial charge on any atom is -0.376 e. The molecule has 1 aromatic rings. The third kappa shape index (κ3) is 7.72. The van der Waals surface area contributed by atoms with Crippen LogP contribution in [0.4, 0.5) is 0 Å².